The Labute approximate surface area is 121 Å². The van der Waals surface area contributed by atoms with Gasteiger partial charge in [0.2, 0.25) is 5.82 Å². The minimum Gasteiger partial charge on any atom is -0.317 e. The number of carbonyl (C=O) groups excluding carboxylic acids is 1. The summed E-state index contributed by atoms with van der Waals surface area (Å²) in [4.78, 5) is 16.1. The van der Waals surface area contributed by atoms with Crippen LogP contribution in [0.25, 0.3) is 0 Å². The smallest absolute Gasteiger partial charge is 0.295 e. The van der Waals surface area contributed by atoms with Gasteiger partial charge in [-0.2, -0.15) is 5.26 Å². The summed E-state index contributed by atoms with van der Waals surface area (Å²) in [6.45, 7) is 5.78. The fourth-order valence-electron chi connectivity index (χ4n) is 1.56. The van der Waals surface area contributed by atoms with Crippen molar-refractivity contribution in [2.45, 2.75) is 26.2 Å². The number of hydrogen-bond acceptors (Lipinski definition) is 4. The van der Waals surface area contributed by atoms with Crippen molar-refractivity contribution < 1.29 is 9.18 Å². The van der Waals surface area contributed by atoms with E-state index >= 15 is 0 Å². The Bertz CT molecular complexity index is 724. The van der Waals surface area contributed by atoms with E-state index in [9.17, 15) is 9.18 Å². The van der Waals surface area contributed by atoms with Crippen molar-refractivity contribution in [1.29, 1.82) is 5.26 Å². The lowest BCUT2D eigenvalue weighted by Gasteiger charge is -2.12. The van der Waals surface area contributed by atoms with E-state index in [4.69, 9.17) is 5.26 Å². The summed E-state index contributed by atoms with van der Waals surface area (Å²) < 4.78 is 13.7. The molecule has 2 rings (SSSR count). The zero-order valence-corrected chi connectivity index (χ0v) is 11.9. The first-order valence-electron chi connectivity index (χ1n) is 6.25. The molecule has 1 heterocycles. The third-order valence-corrected chi connectivity index (χ3v) is 2.75. The summed E-state index contributed by atoms with van der Waals surface area (Å²) in [5.74, 6) is -0.809. The molecular weight excluding hydrogens is 273 g/mol. The fraction of sp³-hybridized carbons (Fsp3) is 0.286. The van der Waals surface area contributed by atoms with E-state index in [1.54, 1.807) is 0 Å². The van der Waals surface area contributed by atoms with E-state index in [0.717, 1.165) is 6.07 Å². The maximum Gasteiger partial charge on any atom is 0.295 e. The van der Waals surface area contributed by atoms with E-state index in [0.29, 0.717) is 5.82 Å². The van der Waals surface area contributed by atoms with E-state index < -0.39 is 11.7 Å². The van der Waals surface area contributed by atoms with Gasteiger partial charge in [-0.25, -0.2) is 9.37 Å². The second-order valence-corrected chi connectivity index (χ2v) is 5.52. The van der Waals surface area contributed by atoms with Gasteiger partial charge in [0.15, 0.2) is 0 Å². The van der Waals surface area contributed by atoms with Gasteiger partial charge in [0.1, 0.15) is 11.6 Å². The number of carbonyl (C=O) groups is 1. The molecule has 0 fully saturated rings. The summed E-state index contributed by atoms with van der Waals surface area (Å²) in [7, 11) is 0. The highest BCUT2D eigenvalue weighted by atomic mass is 19.1. The highest BCUT2D eigenvalue weighted by molar-refractivity contribution is 6.01. The molecule has 1 amide bonds. The van der Waals surface area contributed by atoms with Crippen molar-refractivity contribution in [2.75, 3.05) is 5.32 Å². The standard InChI is InChI=1S/C14H14FN5O/c1-14(2,3)13-18-11(19-20-13)12(21)17-10-5-4-8(7-16)6-9(10)15/h4-6H,1-3H3,(H,17,21)(H,18,19,20). The van der Waals surface area contributed by atoms with Gasteiger partial charge >= 0.3 is 0 Å². The van der Waals surface area contributed by atoms with Crippen LogP contribution in [-0.2, 0) is 5.41 Å². The minimum atomic E-state index is -0.686. The summed E-state index contributed by atoms with van der Waals surface area (Å²) in [5, 5.41) is 17.5. The molecule has 0 spiro atoms. The number of aromatic nitrogens is 3. The molecule has 1 aromatic carbocycles. The van der Waals surface area contributed by atoms with Crippen molar-refractivity contribution in [3.8, 4) is 6.07 Å². The lowest BCUT2D eigenvalue weighted by atomic mass is 9.96. The predicted molar refractivity (Wildman–Crippen MR) is 74.2 cm³/mol. The van der Waals surface area contributed by atoms with Crippen LogP contribution in [0, 0.1) is 17.1 Å². The quantitative estimate of drug-likeness (QED) is 0.886. The highest BCUT2D eigenvalue weighted by Crippen LogP contribution is 2.19. The Balaban J connectivity index is 2.19. The number of aromatic amines is 1. The van der Waals surface area contributed by atoms with Gasteiger partial charge in [0, 0.05) is 5.41 Å². The van der Waals surface area contributed by atoms with E-state index in [-0.39, 0.29) is 22.5 Å². The van der Waals surface area contributed by atoms with Crippen LogP contribution in [0.1, 0.15) is 42.8 Å². The van der Waals surface area contributed by atoms with Crippen molar-refractivity contribution >= 4 is 11.6 Å². The molecule has 0 aliphatic carbocycles. The number of amides is 1. The van der Waals surface area contributed by atoms with Crippen LogP contribution in [0.3, 0.4) is 0 Å². The van der Waals surface area contributed by atoms with Crippen molar-refractivity contribution in [3.05, 3.63) is 41.2 Å². The molecule has 21 heavy (non-hydrogen) atoms. The molecule has 0 aliphatic rings. The van der Waals surface area contributed by atoms with Gasteiger partial charge in [0.25, 0.3) is 5.91 Å². The van der Waals surface area contributed by atoms with Gasteiger partial charge < -0.3 is 5.32 Å². The Hall–Kier alpha value is -2.75. The van der Waals surface area contributed by atoms with Crippen LogP contribution in [0.4, 0.5) is 10.1 Å². The average molecular weight is 287 g/mol. The molecule has 0 bridgehead atoms. The predicted octanol–water partition coefficient (Wildman–Crippen LogP) is 2.37. The van der Waals surface area contributed by atoms with Gasteiger partial charge in [-0.15, -0.1) is 5.10 Å². The molecule has 6 nitrogen and oxygen atoms in total. The van der Waals surface area contributed by atoms with Crippen molar-refractivity contribution in [3.63, 3.8) is 0 Å². The number of H-pyrrole nitrogens is 1. The van der Waals surface area contributed by atoms with Crippen LogP contribution in [0.2, 0.25) is 0 Å². The second-order valence-electron chi connectivity index (χ2n) is 5.52. The SMILES string of the molecule is CC(C)(C)c1nc(C(=O)Nc2ccc(C#N)cc2F)n[nH]1. The number of benzene rings is 1. The number of nitrogens with one attached hydrogen (secondary N) is 2. The third-order valence-electron chi connectivity index (χ3n) is 2.75. The summed E-state index contributed by atoms with van der Waals surface area (Å²) >= 11 is 0. The van der Waals surface area contributed by atoms with Crippen LogP contribution in [-0.4, -0.2) is 21.1 Å². The largest absolute Gasteiger partial charge is 0.317 e. The topological polar surface area (TPSA) is 94.5 Å². The summed E-state index contributed by atoms with van der Waals surface area (Å²) in [6, 6.07) is 5.60. The van der Waals surface area contributed by atoms with E-state index in [1.807, 2.05) is 26.8 Å². The molecule has 0 unspecified atom stereocenters. The molecule has 1 aromatic heterocycles. The lowest BCUT2D eigenvalue weighted by Crippen LogP contribution is -2.16. The molecule has 2 aromatic rings. The van der Waals surface area contributed by atoms with Crippen LogP contribution < -0.4 is 5.32 Å². The third kappa shape index (κ3) is 3.23. The Kier molecular flexibility index (Phi) is 3.72. The zero-order chi connectivity index (χ0) is 15.6. The molecule has 0 saturated heterocycles. The Morgan fingerprint density at radius 1 is 1.43 bits per heavy atom. The molecule has 0 atom stereocenters. The van der Waals surface area contributed by atoms with E-state index in [2.05, 4.69) is 20.5 Å². The molecule has 0 saturated carbocycles. The van der Waals surface area contributed by atoms with Gasteiger partial charge in [-0.3, -0.25) is 9.89 Å². The van der Waals surface area contributed by atoms with Gasteiger partial charge in [-0.05, 0) is 18.2 Å². The summed E-state index contributed by atoms with van der Waals surface area (Å²) in [6.07, 6.45) is 0. The Morgan fingerprint density at radius 3 is 2.67 bits per heavy atom. The first-order chi connectivity index (χ1) is 9.81. The van der Waals surface area contributed by atoms with Crippen LogP contribution in [0.15, 0.2) is 18.2 Å². The normalized spacial score (nSPS) is 11.0. The number of hydrogen-bond donors (Lipinski definition) is 2. The zero-order valence-electron chi connectivity index (χ0n) is 11.9. The summed E-state index contributed by atoms with van der Waals surface area (Å²) in [5.41, 5.74) is -0.120. The first-order valence-corrected chi connectivity index (χ1v) is 6.25. The average Bonchev–Trinajstić information content (AvgIpc) is 2.90. The maximum atomic E-state index is 13.7. The molecule has 0 aliphatic heterocycles. The number of nitriles is 1. The highest BCUT2D eigenvalue weighted by Gasteiger charge is 2.21. The van der Waals surface area contributed by atoms with Crippen molar-refractivity contribution in [1.82, 2.24) is 15.2 Å². The fourth-order valence-corrected chi connectivity index (χ4v) is 1.56. The van der Waals surface area contributed by atoms with Crippen LogP contribution in [0.5, 0.6) is 0 Å². The molecule has 7 heteroatoms. The monoisotopic (exact) mass is 287 g/mol. The van der Waals surface area contributed by atoms with Gasteiger partial charge in [-0.1, -0.05) is 20.8 Å². The number of halogens is 1. The molecule has 0 radical (unpaired) electrons. The van der Waals surface area contributed by atoms with Crippen molar-refractivity contribution in [2.24, 2.45) is 0 Å². The molecule has 108 valence electrons. The van der Waals surface area contributed by atoms with Crippen LogP contribution >= 0.6 is 0 Å². The molecular formula is C14H14FN5O. The van der Waals surface area contributed by atoms with E-state index in [1.165, 1.54) is 12.1 Å². The number of rotatable bonds is 2. The second kappa shape index (κ2) is 5.32. The lowest BCUT2D eigenvalue weighted by molar-refractivity contribution is 0.101. The number of anilines is 1. The Morgan fingerprint density at radius 2 is 2.14 bits per heavy atom. The first kappa shape index (κ1) is 14.7. The number of nitrogens with zero attached hydrogens (tertiary/aromatic N) is 3. The van der Waals surface area contributed by atoms with Gasteiger partial charge in [0.05, 0.1) is 17.3 Å². The molecule has 2 N–H and O–H groups in total. The minimum absolute atomic E-state index is 0.0268. The maximum absolute atomic E-state index is 13.7.